The van der Waals surface area contributed by atoms with E-state index in [4.69, 9.17) is 4.74 Å². The summed E-state index contributed by atoms with van der Waals surface area (Å²) in [5.41, 5.74) is -0.296. The predicted octanol–water partition coefficient (Wildman–Crippen LogP) is 4.25. The Balaban J connectivity index is 1.74. The average Bonchev–Trinajstić information content (AvgIpc) is 3.02. The number of hydrogen-bond acceptors (Lipinski definition) is 8. The van der Waals surface area contributed by atoms with Gasteiger partial charge in [-0.25, -0.2) is 9.97 Å². The van der Waals surface area contributed by atoms with Gasteiger partial charge in [0.25, 0.3) is 0 Å². The molecule has 0 saturated carbocycles. The van der Waals surface area contributed by atoms with Gasteiger partial charge >= 0.3 is 6.18 Å². The maximum Gasteiger partial charge on any atom is 0.433 e. The van der Waals surface area contributed by atoms with Gasteiger partial charge in [0.05, 0.1) is 12.8 Å². The fourth-order valence-corrected chi connectivity index (χ4v) is 3.40. The molecule has 1 aromatic carbocycles. The van der Waals surface area contributed by atoms with Gasteiger partial charge in [-0.3, -0.25) is 0 Å². The number of halogens is 3. The molecule has 130 valence electrons. The molecule has 0 aliphatic rings. The summed E-state index contributed by atoms with van der Waals surface area (Å²) >= 11 is 2.08. The molecular weight excluding hydrogens is 375 g/mol. The molecule has 11 heteroatoms. The third-order valence-corrected chi connectivity index (χ3v) is 4.63. The normalized spacial score (nSPS) is 11.4. The number of rotatable bonds is 5. The van der Waals surface area contributed by atoms with Crippen molar-refractivity contribution in [2.24, 2.45) is 0 Å². The molecule has 0 aliphatic heterocycles. The van der Waals surface area contributed by atoms with Crippen LogP contribution in [0.15, 0.2) is 46.0 Å². The van der Waals surface area contributed by atoms with Gasteiger partial charge in [-0.05, 0) is 30.0 Å². The van der Waals surface area contributed by atoms with Crippen LogP contribution in [0.5, 0.6) is 5.75 Å². The van der Waals surface area contributed by atoms with Gasteiger partial charge < -0.3 is 10.1 Å². The fraction of sp³-hybridized carbons (Fsp3) is 0.143. The minimum Gasteiger partial charge on any atom is -0.495 e. The van der Waals surface area contributed by atoms with Crippen LogP contribution in [0.3, 0.4) is 0 Å². The molecule has 3 rings (SSSR count). The zero-order chi connectivity index (χ0) is 17.9. The number of ether oxygens (including phenoxy) is 1. The van der Waals surface area contributed by atoms with E-state index in [1.807, 2.05) is 18.2 Å². The summed E-state index contributed by atoms with van der Waals surface area (Å²) in [6.07, 6.45) is -3.46. The van der Waals surface area contributed by atoms with Crippen molar-refractivity contribution in [3.8, 4) is 5.75 Å². The van der Waals surface area contributed by atoms with Crippen molar-refractivity contribution in [1.29, 1.82) is 0 Å². The third-order valence-electron chi connectivity index (χ3n) is 2.86. The third kappa shape index (κ3) is 4.37. The van der Waals surface area contributed by atoms with Gasteiger partial charge in [0, 0.05) is 6.20 Å². The largest absolute Gasteiger partial charge is 0.495 e. The van der Waals surface area contributed by atoms with Crippen LogP contribution in [0, 0.1) is 0 Å². The zero-order valence-electron chi connectivity index (χ0n) is 12.6. The number of benzene rings is 1. The highest BCUT2D eigenvalue weighted by molar-refractivity contribution is 8.00. The molecule has 2 heterocycles. The Bertz CT molecular complexity index is 871. The molecule has 2 aromatic heterocycles. The quantitative estimate of drug-likeness (QED) is 0.658. The van der Waals surface area contributed by atoms with E-state index in [1.54, 1.807) is 13.2 Å². The van der Waals surface area contributed by atoms with Crippen molar-refractivity contribution < 1.29 is 17.9 Å². The van der Waals surface area contributed by atoms with E-state index in [9.17, 15) is 13.2 Å². The van der Waals surface area contributed by atoms with Crippen LogP contribution in [-0.2, 0) is 6.18 Å². The first-order valence-electron chi connectivity index (χ1n) is 6.77. The summed E-state index contributed by atoms with van der Waals surface area (Å²) in [7, 11) is 1.55. The van der Waals surface area contributed by atoms with E-state index in [0.29, 0.717) is 20.9 Å². The molecule has 0 amide bonds. The second kappa shape index (κ2) is 7.23. The van der Waals surface area contributed by atoms with Gasteiger partial charge in [-0.2, -0.15) is 13.2 Å². The van der Waals surface area contributed by atoms with Crippen molar-refractivity contribution in [2.45, 2.75) is 15.7 Å². The molecule has 25 heavy (non-hydrogen) atoms. The molecule has 0 spiro atoms. The summed E-state index contributed by atoms with van der Waals surface area (Å²) in [5, 5.41) is 11.4. The summed E-state index contributed by atoms with van der Waals surface area (Å²) in [5.74, 6) is 0.633. The van der Waals surface area contributed by atoms with Crippen LogP contribution >= 0.6 is 23.1 Å². The first-order valence-corrected chi connectivity index (χ1v) is 8.40. The lowest BCUT2D eigenvalue weighted by Crippen LogP contribution is -2.08. The SMILES string of the molecule is COc1ccccc1Nc1nnc(Sc2nccc(C(F)(F)F)n2)s1. The van der Waals surface area contributed by atoms with Crippen LogP contribution in [0.25, 0.3) is 0 Å². The predicted molar refractivity (Wildman–Crippen MR) is 87.3 cm³/mol. The molecule has 6 nitrogen and oxygen atoms in total. The Hall–Kier alpha value is -2.40. The molecular formula is C14H10F3N5OS2. The number of aromatic nitrogens is 4. The molecule has 0 saturated heterocycles. The Morgan fingerprint density at radius 2 is 1.96 bits per heavy atom. The Labute approximate surface area is 148 Å². The second-order valence-electron chi connectivity index (χ2n) is 4.52. The van der Waals surface area contributed by atoms with Crippen molar-refractivity contribution in [1.82, 2.24) is 20.2 Å². The Morgan fingerprint density at radius 1 is 1.16 bits per heavy atom. The maximum atomic E-state index is 12.7. The lowest BCUT2D eigenvalue weighted by Gasteiger charge is -2.07. The Kier molecular flexibility index (Phi) is 5.04. The molecule has 0 fully saturated rings. The Morgan fingerprint density at radius 3 is 2.72 bits per heavy atom. The minimum atomic E-state index is -4.52. The first-order chi connectivity index (χ1) is 12.0. The number of anilines is 2. The fourth-order valence-electron chi connectivity index (χ4n) is 1.79. The smallest absolute Gasteiger partial charge is 0.433 e. The summed E-state index contributed by atoms with van der Waals surface area (Å²) < 4.78 is 43.7. The number of hydrogen-bond donors (Lipinski definition) is 1. The van der Waals surface area contributed by atoms with E-state index in [1.165, 1.54) is 11.3 Å². The van der Waals surface area contributed by atoms with Gasteiger partial charge in [0.15, 0.2) is 9.50 Å². The lowest BCUT2D eigenvalue weighted by atomic mass is 10.3. The highest BCUT2D eigenvalue weighted by Crippen LogP contribution is 2.34. The van der Waals surface area contributed by atoms with Crippen molar-refractivity contribution in [3.05, 3.63) is 42.2 Å². The van der Waals surface area contributed by atoms with E-state index in [0.717, 1.165) is 24.0 Å². The average molecular weight is 385 g/mol. The summed E-state index contributed by atoms with van der Waals surface area (Å²) in [6, 6.07) is 8.08. The van der Waals surface area contributed by atoms with Crippen LogP contribution in [-0.4, -0.2) is 27.3 Å². The number of methoxy groups -OCH3 is 1. The van der Waals surface area contributed by atoms with Crippen molar-refractivity contribution >= 4 is 33.9 Å². The topological polar surface area (TPSA) is 72.8 Å². The maximum absolute atomic E-state index is 12.7. The molecule has 0 bridgehead atoms. The van der Waals surface area contributed by atoms with E-state index in [-0.39, 0.29) is 5.16 Å². The molecule has 0 unspecified atom stereocenters. The highest BCUT2D eigenvalue weighted by atomic mass is 32.2. The second-order valence-corrected chi connectivity index (χ2v) is 6.71. The van der Waals surface area contributed by atoms with E-state index < -0.39 is 11.9 Å². The van der Waals surface area contributed by atoms with Gasteiger partial charge in [0.1, 0.15) is 11.4 Å². The van der Waals surface area contributed by atoms with Crippen LogP contribution in [0.4, 0.5) is 24.0 Å². The van der Waals surface area contributed by atoms with Crippen LogP contribution < -0.4 is 10.1 Å². The van der Waals surface area contributed by atoms with Gasteiger partial charge in [-0.15, -0.1) is 10.2 Å². The van der Waals surface area contributed by atoms with E-state index >= 15 is 0 Å². The number of alkyl halides is 3. The van der Waals surface area contributed by atoms with Crippen molar-refractivity contribution in [3.63, 3.8) is 0 Å². The van der Waals surface area contributed by atoms with Gasteiger partial charge in [0.2, 0.25) is 5.13 Å². The standard InChI is InChI=1S/C14H10F3N5OS2/c1-23-9-5-3-2-4-8(9)19-12-21-22-13(25-12)24-11-18-7-6-10(20-11)14(15,16)17/h2-7H,1H3,(H,19,21). The molecule has 0 aliphatic carbocycles. The molecule has 1 N–H and O–H groups in total. The lowest BCUT2D eigenvalue weighted by molar-refractivity contribution is -0.141. The first kappa shape index (κ1) is 17.4. The number of para-hydroxylation sites is 2. The molecule has 0 radical (unpaired) electrons. The number of nitrogens with zero attached hydrogens (tertiary/aromatic N) is 4. The highest BCUT2D eigenvalue weighted by Gasteiger charge is 2.32. The summed E-state index contributed by atoms with van der Waals surface area (Å²) in [4.78, 5) is 7.30. The molecule has 3 aromatic rings. The van der Waals surface area contributed by atoms with Crippen LogP contribution in [0.2, 0.25) is 0 Å². The van der Waals surface area contributed by atoms with Crippen LogP contribution in [0.1, 0.15) is 5.69 Å². The minimum absolute atomic E-state index is 0.0465. The van der Waals surface area contributed by atoms with Gasteiger partial charge in [-0.1, -0.05) is 23.5 Å². The van der Waals surface area contributed by atoms with E-state index in [2.05, 4.69) is 25.5 Å². The number of nitrogens with one attached hydrogen (secondary N) is 1. The van der Waals surface area contributed by atoms with Crippen molar-refractivity contribution in [2.75, 3.05) is 12.4 Å². The monoisotopic (exact) mass is 385 g/mol. The molecule has 0 atom stereocenters. The summed E-state index contributed by atoms with van der Waals surface area (Å²) in [6.45, 7) is 0. The zero-order valence-corrected chi connectivity index (χ0v) is 14.2.